The van der Waals surface area contributed by atoms with Crippen LogP contribution in [0.2, 0.25) is 0 Å². The molecule has 0 aromatic rings. The van der Waals surface area contributed by atoms with E-state index in [1.165, 1.54) is 0 Å². The maximum atomic E-state index is 10.1. The van der Waals surface area contributed by atoms with E-state index < -0.39 is 5.91 Å². The highest BCUT2D eigenvalue weighted by atomic mass is 19.1. The zero-order valence-corrected chi connectivity index (χ0v) is 4.43. The molecule has 2 nitrogen and oxygen atoms in total. The monoisotopic (exact) mass is 117 g/mol. The molecule has 1 amide bonds. The Hall–Kier alpha value is -1.12. The van der Waals surface area contributed by atoms with Gasteiger partial charge < -0.3 is 5.73 Å². The molecular formula is C5H8FNO. The minimum Gasteiger partial charge on any atom is -0.366 e. The van der Waals surface area contributed by atoms with Gasteiger partial charge in [-0.2, -0.15) is 0 Å². The first-order valence-corrected chi connectivity index (χ1v) is 1.82. The van der Waals surface area contributed by atoms with Gasteiger partial charge in [-0.1, -0.05) is 13.2 Å². The molecule has 0 aromatic heterocycles. The van der Waals surface area contributed by atoms with Crippen molar-refractivity contribution in [1.29, 1.82) is 0 Å². The van der Waals surface area contributed by atoms with Crippen LogP contribution in [0, 0.1) is 0 Å². The minimum absolute atomic E-state index is 0.250. The number of halogens is 1. The van der Waals surface area contributed by atoms with E-state index in [4.69, 9.17) is 0 Å². The first kappa shape index (κ1) is 9.99. The van der Waals surface area contributed by atoms with Crippen LogP contribution >= 0.6 is 0 Å². The summed E-state index contributed by atoms with van der Waals surface area (Å²) in [6.45, 7) is 5.78. The van der Waals surface area contributed by atoms with Gasteiger partial charge in [0, 0.05) is 0 Å². The highest BCUT2D eigenvalue weighted by Gasteiger charge is 1.69. The summed E-state index contributed by atoms with van der Waals surface area (Å²) < 4.78 is 10.1. The van der Waals surface area contributed by atoms with Crippen molar-refractivity contribution in [3.63, 3.8) is 0 Å². The molecule has 0 bridgehead atoms. The Morgan fingerprint density at radius 2 is 1.75 bits per heavy atom. The Morgan fingerprint density at radius 1 is 1.62 bits per heavy atom. The molecule has 0 saturated heterocycles. The van der Waals surface area contributed by atoms with Crippen molar-refractivity contribution in [2.75, 3.05) is 0 Å². The fourth-order valence-corrected chi connectivity index (χ4v) is 0. The molecule has 0 rings (SSSR count). The molecule has 0 heterocycles. The van der Waals surface area contributed by atoms with Gasteiger partial charge in [0.05, 0.1) is 6.33 Å². The number of amides is 1. The van der Waals surface area contributed by atoms with Crippen LogP contribution in [0.25, 0.3) is 0 Å². The first-order valence-electron chi connectivity index (χ1n) is 1.82. The van der Waals surface area contributed by atoms with Gasteiger partial charge in [0.25, 0.3) is 0 Å². The maximum absolute atomic E-state index is 10.1. The zero-order chi connectivity index (χ0) is 6.99. The summed E-state index contributed by atoms with van der Waals surface area (Å²) in [6.07, 6.45) is 1.31. The Balaban J connectivity index is 0. The average molecular weight is 117 g/mol. The second kappa shape index (κ2) is 9.30. The van der Waals surface area contributed by atoms with Crippen LogP contribution in [-0.2, 0) is 4.79 Å². The van der Waals surface area contributed by atoms with Crippen molar-refractivity contribution in [3.8, 4) is 0 Å². The predicted octanol–water partition coefficient (Wildman–Crippen LogP) is 0.757. The fourth-order valence-electron chi connectivity index (χ4n) is 0. The highest BCUT2D eigenvalue weighted by Crippen LogP contribution is 1.48. The molecule has 0 unspecified atom stereocenters. The van der Waals surface area contributed by atoms with Crippen molar-refractivity contribution in [3.05, 3.63) is 25.6 Å². The molecule has 0 aliphatic heterocycles. The first-order chi connectivity index (χ1) is 3.68. The Morgan fingerprint density at radius 3 is 1.75 bits per heavy atom. The van der Waals surface area contributed by atoms with Crippen LogP contribution in [0.1, 0.15) is 0 Å². The molecule has 0 aromatic carbocycles. The number of carbonyl (C=O) groups excluding carboxylic acids is 1. The SMILES string of the molecule is C=CC(N)=O.C=CF. The molecule has 46 valence electrons. The van der Waals surface area contributed by atoms with Crippen molar-refractivity contribution in [1.82, 2.24) is 0 Å². The van der Waals surface area contributed by atoms with Gasteiger partial charge >= 0.3 is 0 Å². The number of nitrogens with two attached hydrogens (primary N) is 1. The van der Waals surface area contributed by atoms with E-state index in [-0.39, 0.29) is 6.33 Å². The largest absolute Gasteiger partial charge is 0.366 e. The van der Waals surface area contributed by atoms with E-state index in [2.05, 4.69) is 18.9 Å². The van der Waals surface area contributed by atoms with Gasteiger partial charge in [-0.15, -0.1) is 0 Å². The number of primary amides is 1. The molecule has 0 fully saturated rings. The van der Waals surface area contributed by atoms with Crippen molar-refractivity contribution >= 4 is 5.91 Å². The van der Waals surface area contributed by atoms with Crippen LogP contribution in [-0.4, -0.2) is 5.91 Å². The Bertz CT molecular complexity index is 90.4. The number of hydrogen-bond donors (Lipinski definition) is 1. The van der Waals surface area contributed by atoms with Crippen LogP contribution in [0.3, 0.4) is 0 Å². The van der Waals surface area contributed by atoms with Crippen LogP contribution in [0.5, 0.6) is 0 Å². The fraction of sp³-hybridized carbons (Fsp3) is 0. The maximum Gasteiger partial charge on any atom is 0.240 e. The van der Waals surface area contributed by atoms with Gasteiger partial charge in [-0.05, 0) is 6.08 Å². The van der Waals surface area contributed by atoms with E-state index in [0.29, 0.717) is 0 Å². The molecule has 3 heteroatoms. The summed E-state index contributed by atoms with van der Waals surface area (Å²) >= 11 is 0. The van der Waals surface area contributed by atoms with Gasteiger partial charge in [0.15, 0.2) is 0 Å². The molecule has 8 heavy (non-hydrogen) atoms. The lowest BCUT2D eigenvalue weighted by Crippen LogP contribution is -2.04. The van der Waals surface area contributed by atoms with Crippen LogP contribution in [0.4, 0.5) is 4.39 Å². The van der Waals surface area contributed by atoms with E-state index in [1.54, 1.807) is 0 Å². The molecular weight excluding hydrogens is 109 g/mol. The summed E-state index contributed by atoms with van der Waals surface area (Å²) in [4.78, 5) is 9.47. The standard InChI is InChI=1S/C3H5NO.C2H3F/c1-2-3(4)5;1-2-3/h2H,1H2,(H2,4,5);2H,1H2. The highest BCUT2D eigenvalue weighted by molar-refractivity contribution is 5.84. The second-order valence-electron chi connectivity index (χ2n) is 0.761. The van der Waals surface area contributed by atoms with Gasteiger partial charge in [0.1, 0.15) is 0 Å². The molecule has 2 N–H and O–H groups in total. The van der Waals surface area contributed by atoms with Gasteiger partial charge in [0.2, 0.25) is 5.91 Å². The minimum atomic E-state index is -0.481. The molecule has 0 atom stereocenters. The topological polar surface area (TPSA) is 43.1 Å². The summed E-state index contributed by atoms with van der Waals surface area (Å²) in [6, 6.07) is 0. The third kappa shape index (κ3) is 94.9. The van der Waals surface area contributed by atoms with Gasteiger partial charge in [-0.25, -0.2) is 4.39 Å². The zero-order valence-electron chi connectivity index (χ0n) is 4.43. The summed E-state index contributed by atoms with van der Waals surface area (Å²) in [5, 5.41) is 0. The number of carbonyl (C=O) groups is 1. The summed E-state index contributed by atoms with van der Waals surface area (Å²) in [5.74, 6) is -0.481. The van der Waals surface area contributed by atoms with E-state index in [0.717, 1.165) is 6.08 Å². The van der Waals surface area contributed by atoms with Gasteiger partial charge in [-0.3, -0.25) is 4.79 Å². The van der Waals surface area contributed by atoms with Crippen molar-refractivity contribution in [2.45, 2.75) is 0 Å². The molecule has 0 spiro atoms. The summed E-state index contributed by atoms with van der Waals surface area (Å²) in [7, 11) is 0. The Labute approximate surface area is 47.5 Å². The normalized spacial score (nSPS) is 5.62. The molecule has 0 saturated carbocycles. The van der Waals surface area contributed by atoms with E-state index in [9.17, 15) is 9.18 Å². The molecule has 0 aliphatic carbocycles. The summed E-state index contributed by atoms with van der Waals surface area (Å²) in [5.41, 5.74) is 4.53. The van der Waals surface area contributed by atoms with E-state index in [1.807, 2.05) is 0 Å². The third-order valence-corrected chi connectivity index (χ3v) is 0.201. The van der Waals surface area contributed by atoms with E-state index >= 15 is 0 Å². The predicted molar refractivity (Wildman–Crippen MR) is 30.7 cm³/mol. The smallest absolute Gasteiger partial charge is 0.240 e. The molecule has 0 aliphatic rings. The van der Waals surface area contributed by atoms with Crippen molar-refractivity contribution in [2.24, 2.45) is 5.73 Å². The molecule has 0 radical (unpaired) electrons. The third-order valence-electron chi connectivity index (χ3n) is 0.201. The van der Waals surface area contributed by atoms with Crippen LogP contribution < -0.4 is 5.73 Å². The quantitative estimate of drug-likeness (QED) is 0.506. The average Bonchev–Trinajstić information content (AvgIpc) is 1.69. The number of rotatable bonds is 1. The van der Waals surface area contributed by atoms with Crippen LogP contribution in [0.15, 0.2) is 25.6 Å². The lowest BCUT2D eigenvalue weighted by Gasteiger charge is -1.65. The number of hydrogen-bond acceptors (Lipinski definition) is 1. The lowest BCUT2D eigenvalue weighted by molar-refractivity contribution is -0.113. The second-order valence-corrected chi connectivity index (χ2v) is 0.761. The van der Waals surface area contributed by atoms with Crippen molar-refractivity contribution < 1.29 is 9.18 Å². The lowest BCUT2D eigenvalue weighted by atomic mass is 10.6. The Kier molecular flexibility index (Phi) is 11.6.